The third-order valence-electron chi connectivity index (χ3n) is 0.939. The van der Waals surface area contributed by atoms with Crippen molar-refractivity contribution >= 4 is 11.9 Å². The van der Waals surface area contributed by atoms with Crippen LogP contribution in [-0.2, 0) is 14.3 Å². The fourth-order valence-electron chi connectivity index (χ4n) is 0.334. The average molecular weight is 222 g/mol. The Morgan fingerprint density at radius 3 is 1.86 bits per heavy atom. The van der Waals surface area contributed by atoms with E-state index in [1.165, 1.54) is 0 Å². The van der Waals surface area contributed by atoms with Gasteiger partial charge in [0.05, 0.1) is 0 Å². The quantitative estimate of drug-likeness (QED) is 0.566. The summed E-state index contributed by atoms with van der Waals surface area (Å²) in [6.07, 6.45) is -6.09. The topological polar surface area (TPSA) is 63.6 Å². The van der Waals surface area contributed by atoms with Crippen LogP contribution in [0.2, 0.25) is 0 Å². The van der Waals surface area contributed by atoms with Gasteiger partial charge in [0.15, 0.2) is 6.61 Å². The van der Waals surface area contributed by atoms with E-state index in [2.05, 4.69) is 4.74 Å². The molecule has 0 aliphatic carbocycles. The maximum Gasteiger partial charge on any atom is 0.465 e. The van der Waals surface area contributed by atoms with E-state index in [0.717, 1.165) is 0 Å². The minimum atomic E-state index is -6.09. The summed E-state index contributed by atoms with van der Waals surface area (Å²) in [6.45, 7) is -1.55. The summed E-state index contributed by atoms with van der Waals surface area (Å²) in [6, 6.07) is 0. The van der Waals surface area contributed by atoms with E-state index >= 15 is 0 Å². The summed E-state index contributed by atoms with van der Waals surface area (Å²) in [4.78, 5) is 19.7. The number of hydrogen-bond acceptors (Lipinski definition) is 3. The van der Waals surface area contributed by atoms with Gasteiger partial charge in [0, 0.05) is 0 Å². The second kappa shape index (κ2) is 3.76. The Balaban J connectivity index is 4.45. The van der Waals surface area contributed by atoms with Gasteiger partial charge in [-0.05, 0) is 0 Å². The van der Waals surface area contributed by atoms with Crippen molar-refractivity contribution in [3.8, 4) is 0 Å². The molecule has 82 valence electrons. The molecule has 14 heavy (non-hydrogen) atoms. The van der Waals surface area contributed by atoms with Crippen LogP contribution in [0.25, 0.3) is 0 Å². The van der Waals surface area contributed by atoms with Crippen LogP contribution in [0.5, 0.6) is 0 Å². The molecule has 0 unspecified atom stereocenters. The molecule has 0 fully saturated rings. The molecule has 0 atom stereocenters. The molecule has 0 saturated carbocycles. The van der Waals surface area contributed by atoms with Gasteiger partial charge in [-0.2, -0.15) is 22.0 Å². The highest BCUT2D eigenvalue weighted by Crippen LogP contribution is 2.36. The number of halogens is 5. The number of carbonyl (C=O) groups is 2. The number of hydrogen-bond donors (Lipinski definition) is 1. The summed E-state index contributed by atoms with van der Waals surface area (Å²) in [5.74, 6) is -10.5. The fourth-order valence-corrected chi connectivity index (χ4v) is 0.334. The van der Waals surface area contributed by atoms with Gasteiger partial charge >= 0.3 is 24.0 Å². The molecule has 0 spiro atoms. The highest BCUT2D eigenvalue weighted by Gasteiger charge is 2.65. The number of carboxylic acid groups (broad SMARTS) is 1. The van der Waals surface area contributed by atoms with Crippen LogP contribution < -0.4 is 0 Å². The van der Waals surface area contributed by atoms with E-state index in [0.29, 0.717) is 0 Å². The zero-order chi connectivity index (χ0) is 11.6. The normalized spacial score (nSPS) is 12.4. The number of ether oxygens (including phenoxy) is 1. The predicted molar refractivity (Wildman–Crippen MR) is 29.6 cm³/mol. The fraction of sp³-hybridized carbons (Fsp3) is 0.600. The first-order valence-electron chi connectivity index (χ1n) is 2.92. The van der Waals surface area contributed by atoms with E-state index in [1.807, 2.05) is 0 Å². The molecule has 0 bridgehead atoms. The van der Waals surface area contributed by atoms with Gasteiger partial charge in [0.2, 0.25) is 0 Å². The minimum absolute atomic E-state index is 1.55. The highest BCUT2D eigenvalue weighted by atomic mass is 19.4. The Morgan fingerprint density at radius 2 is 1.57 bits per heavy atom. The van der Waals surface area contributed by atoms with Gasteiger partial charge in [0.1, 0.15) is 0 Å². The van der Waals surface area contributed by atoms with Gasteiger partial charge in [-0.1, -0.05) is 0 Å². The number of rotatable bonds is 3. The molecule has 1 N–H and O–H groups in total. The Kier molecular flexibility index (Phi) is 3.38. The number of alkyl halides is 5. The lowest BCUT2D eigenvalue weighted by Gasteiger charge is -2.16. The SMILES string of the molecule is O=C(O)COC(=O)C(F)(F)C(F)(F)F. The van der Waals surface area contributed by atoms with Crippen molar-refractivity contribution in [3.63, 3.8) is 0 Å². The van der Waals surface area contributed by atoms with Gasteiger partial charge < -0.3 is 9.84 Å². The summed E-state index contributed by atoms with van der Waals surface area (Å²) < 4.78 is 61.4. The van der Waals surface area contributed by atoms with Crippen molar-refractivity contribution in [3.05, 3.63) is 0 Å². The first-order chi connectivity index (χ1) is 6.09. The van der Waals surface area contributed by atoms with Gasteiger partial charge in [-0.3, -0.25) is 0 Å². The highest BCUT2D eigenvalue weighted by molar-refractivity contribution is 5.81. The maximum absolute atomic E-state index is 12.0. The third kappa shape index (κ3) is 2.82. The van der Waals surface area contributed by atoms with Crippen LogP contribution in [-0.4, -0.2) is 35.8 Å². The maximum atomic E-state index is 12.0. The second-order valence-electron chi connectivity index (χ2n) is 2.04. The molecule has 0 aromatic rings. The second-order valence-corrected chi connectivity index (χ2v) is 2.04. The van der Waals surface area contributed by atoms with Crippen LogP contribution >= 0.6 is 0 Å². The predicted octanol–water partition coefficient (Wildman–Crippen LogP) is 0.812. The Hall–Kier alpha value is -1.41. The molecule has 9 heteroatoms. The Bertz CT molecular complexity index is 245. The average Bonchev–Trinajstić information content (AvgIpc) is 1.97. The van der Waals surface area contributed by atoms with Crippen LogP contribution in [0.1, 0.15) is 0 Å². The molecule has 0 heterocycles. The summed E-state index contributed by atoms with van der Waals surface area (Å²) in [7, 11) is 0. The number of esters is 1. The van der Waals surface area contributed by atoms with Crippen LogP contribution in [0.3, 0.4) is 0 Å². The third-order valence-corrected chi connectivity index (χ3v) is 0.939. The molecular formula is C5H3F5O4. The largest absolute Gasteiger partial charge is 0.479 e. The lowest BCUT2D eigenvalue weighted by molar-refractivity contribution is -0.280. The standard InChI is InChI=1S/C5H3F5O4/c6-4(7,5(8,9)10)3(13)14-1-2(11)12/h1H2,(H,11,12). The number of aliphatic carboxylic acids is 1. The van der Waals surface area contributed by atoms with Crippen molar-refractivity contribution < 1.29 is 41.4 Å². The minimum Gasteiger partial charge on any atom is -0.479 e. The molecule has 0 aromatic carbocycles. The van der Waals surface area contributed by atoms with Crippen LogP contribution in [0.4, 0.5) is 22.0 Å². The lowest BCUT2D eigenvalue weighted by atomic mass is 10.3. The van der Waals surface area contributed by atoms with E-state index in [4.69, 9.17) is 5.11 Å². The first kappa shape index (κ1) is 12.6. The molecule has 0 amide bonds. The van der Waals surface area contributed by atoms with Crippen molar-refractivity contribution in [2.75, 3.05) is 6.61 Å². The summed E-state index contributed by atoms with van der Waals surface area (Å²) >= 11 is 0. The Labute approximate surface area is 73.3 Å². The van der Waals surface area contributed by atoms with Crippen molar-refractivity contribution in [2.24, 2.45) is 0 Å². The molecule has 0 aromatic heterocycles. The molecule has 0 rings (SSSR count). The molecule has 0 aliphatic rings. The molecule has 0 aliphatic heterocycles. The summed E-state index contributed by atoms with van der Waals surface area (Å²) in [5, 5.41) is 7.83. The monoisotopic (exact) mass is 222 g/mol. The van der Waals surface area contributed by atoms with Crippen LogP contribution in [0.15, 0.2) is 0 Å². The number of carbonyl (C=O) groups excluding carboxylic acids is 1. The Morgan fingerprint density at radius 1 is 1.14 bits per heavy atom. The van der Waals surface area contributed by atoms with E-state index in [-0.39, 0.29) is 0 Å². The lowest BCUT2D eigenvalue weighted by Crippen LogP contribution is -2.45. The van der Waals surface area contributed by atoms with E-state index < -0.39 is 30.6 Å². The summed E-state index contributed by atoms with van der Waals surface area (Å²) in [5.41, 5.74) is 0. The molecular weight excluding hydrogens is 219 g/mol. The number of carboxylic acids is 1. The molecule has 0 radical (unpaired) electrons. The van der Waals surface area contributed by atoms with Gasteiger partial charge in [-0.25, -0.2) is 9.59 Å². The smallest absolute Gasteiger partial charge is 0.465 e. The van der Waals surface area contributed by atoms with Crippen molar-refractivity contribution in [2.45, 2.75) is 12.1 Å². The molecule has 4 nitrogen and oxygen atoms in total. The van der Waals surface area contributed by atoms with Crippen LogP contribution in [0, 0.1) is 0 Å². The van der Waals surface area contributed by atoms with E-state index in [9.17, 15) is 31.5 Å². The van der Waals surface area contributed by atoms with Gasteiger partial charge in [-0.15, -0.1) is 0 Å². The van der Waals surface area contributed by atoms with E-state index in [1.54, 1.807) is 0 Å². The van der Waals surface area contributed by atoms with Crippen molar-refractivity contribution in [1.29, 1.82) is 0 Å². The van der Waals surface area contributed by atoms with Crippen molar-refractivity contribution in [1.82, 2.24) is 0 Å². The zero-order valence-corrected chi connectivity index (χ0v) is 6.27. The zero-order valence-electron chi connectivity index (χ0n) is 6.27. The van der Waals surface area contributed by atoms with Gasteiger partial charge in [0.25, 0.3) is 0 Å². The first-order valence-corrected chi connectivity index (χ1v) is 2.92. The molecule has 0 saturated heterocycles.